The zero-order valence-electron chi connectivity index (χ0n) is 10.3. The lowest BCUT2D eigenvalue weighted by Gasteiger charge is -2.16. The third-order valence-corrected chi connectivity index (χ3v) is 3.42. The molecule has 1 atom stereocenters. The van der Waals surface area contributed by atoms with Gasteiger partial charge in [-0.2, -0.15) is 0 Å². The third-order valence-electron chi connectivity index (χ3n) is 2.63. The molecule has 1 amide bonds. The molecule has 0 heterocycles. The van der Waals surface area contributed by atoms with E-state index >= 15 is 0 Å². The zero-order chi connectivity index (χ0) is 12.5. The van der Waals surface area contributed by atoms with Crippen LogP contribution in [0.4, 0.5) is 0 Å². The van der Waals surface area contributed by atoms with Crippen LogP contribution < -0.4 is 5.32 Å². The quantitative estimate of drug-likeness (QED) is 0.769. The Labute approximate surface area is 112 Å². The van der Waals surface area contributed by atoms with Crippen LogP contribution in [-0.4, -0.2) is 17.3 Å². The number of rotatable bonds is 7. The van der Waals surface area contributed by atoms with E-state index in [0.29, 0.717) is 6.42 Å². The smallest absolute Gasteiger partial charge is 0.220 e. The molecule has 0 aliphatic carbocycles. The van der Waals surface area contributed by atoms with Gasteiger partial charge in [-0.3, -0.25) is 4.79 Å². The van der Waals surface area contributed by atoms with Gasteiger partial charge in [-0.1, -0.05) is 59.6 Å². The van der Waals surface area contributed by atoms with Gasteiger partial charge >= 0.3 is 0 Å². The van der Waals surface area contributed by atoms with Gasteiger partial charge in [0.1, 0.15) is 0 Å². The Morgan fingerprint density at radius 2 is 2.06 bits per heavy atom. The second kappa shape index (κ2) is 8.29. The molecule has 1 unspecified atom stereocenters. The molecule has 3 heteroatoms. The minimum atomic E-state index is 0.159. The van der Waals surface area contributed by atoms with Gasteiger partial charge in [0.25, 0.3) is 0 Å². The van der Waals surface area contributed by atoms with Crippen LogP contribution in [-0.2, 0) is 11.2 Å². The fourth-order valence-corrected chi connectivity index (χ4v) is 2.07. The number of carbonyl (C=O) groups excluding carboxylic acids is 1. The Morgan fingerprint density at radius 1 is 1.35 bits per heavy atom. The lowest BCUT2D eigenvalue weighted by molar-refractivity contribution is -0.121. The summed E-state index contributed by atoms with van der Waals surface area (Å²) in [7, 11) is 0. The van der Waals surface area contributed by atoms with Crippen LogP contribution in [0.3, 0.4) is 0 Å². The van der Waals surface area contributed by atoms with Gasteiger partial charge in [-0.25, -0.2) is 0 Å². The van der Waals surface area contributed by atoms with Crippen molar-refractivity contribution >= 4 is 21.8 Å². The normalized spacial score (nSPS) is 12.1. The summed E-state index contributed by atoms with van der Waals surface area (Å²) in [4.78, 5) is 11.6. The van der Waals surface area contributed by atoms with Crippen molar-refractivity contribution in [3.63, 3.8) is 0 Å². The van der Waals surface area contributed by atoms with Crippen molar-refractivity contribution < 1.29 is 4.79 Å². The van der Waals surface area contributed by atoms with Crippen molar-refractivity contribution in [1.29, 1.82) is 0 Å². The minimum absolute atomic E-state index is 0.159. The first kappa shape index (κ1) is 14.2. The first-order valence-corrected chi connectivity index (χ1v) is 7.27. The second-order valence-electron chi connectivity index (χ2n) is 4.21. The van der Waals surface area contributed by atoms with E-state index in [1.54, 1.807) is 0 Å². The standard InChI is InChI=1S/C14H20BrNO/c1-2-3-9-14(17)16-13(11-15)10-12-7-5-4-6-8-12/h4-8,13H,2-3,9-11H2,1H3,(H,16,17). The van der Waals surface area contributed by atoms with Crippen molar-refractivity contribution in [2.75, 3.05) is 5.33 Å². The molecule has 0 saturated heterocycles. The van der Waals surface area contributed by atoms with Crippen molar-refractivity contribution in [3.8, 4) is 0 Å². The Morgan fingerprint density at radius 3 is 2.65 bits per heavy atom. The number of hydrogen-bond acceptors (Lipinski definition) is 1. The molecular weight excluding hydrogens is 278 g/mol. The minimum Gasteiger partial charge on any atom is -0.352 e. The van der Waals surface area contributed by atoms with Crippen molar-refractivity contribution in [2.24, 2.45) is 0 Å². The third kappa shape index (κ3) is 5.87. The summed E-state index contributed by atoms with van der Waals surface area (Å²) in [5.74, 6) is 0.159. The number of benzene rings is 1. The lowest BCUT2D eigenvalue weighted by atomic mass is 10.1. The number of hydrogen-bond donors (Lipinski definition) is 1. The summed E-state index contributed by atoms with van der Waals surface area (Å²) in [6, 6.07) is 10.4. The molecule has 1 aromatic carbocycles. The number of halogens is 1. The molecule has 1 rings (SSSR count). The second-order valence-corrected chi connectivity index (χ2v) is 4.86. The summed E-state index contributed by atoms with van der Waals surface area (Å²) < 4.78 is 0. The van der Waals surface area contributed by atoms with Crippen molar-refractivity contribution in [3.05, 3.63) is 35.9 Å². The van der Waals surface area contributed by atoms with E-state index < -0.39 is 0 Å². The molecule has 94 valence electrons. The van der Waals surface area contributed by atoms with Crippen LogP contribution in [0.1, 0.15) is 31.7 Å². The maximum atomic E-state index is 11.6. The summed E-state index contributed by atoms with van der Waals surface area (Å²) in [5.41, 5.74) is 1.26. The highest BCUT2D eigenvalue weighted by molar-refractivity contribution is 9.09. The SMILES string of the molecule is CCCCC(=O)NC(CBr)Cc1ccccc1. The molecular formula is C14H20BrNO. The first-order valence-electron chi connectivity index (χ1n) is 6.15. The van der Waals surface area contributed by atoms with E-state index in [0.717, 1.165) is 24.6 Å². The fourth-order valence-electron chi connectivity index (χ4n) is 1.68. The summed E-state index contributed by atoms with van der Waals surface area (Å²) in [5, 5.41) is 3.86. The van der Waals surface area contributed by atoms with Crippen LogP contribution in [0.2, 0.25) is 0 Å². The van der Waals surface area contributed by atoms with Gasteiger partial charge in [-0.05, 0) is 18.4 Å². The molecule has 1 N–H and O–H groups in total. The predicted octanol–water partition coefficient (Wildman–Crippen LogP) is 3.30. The van der Waals surface area contributed by atoms with Crippen molar-refractivity contribution in [2.45, 2.75) is 38.6 Å². The Hall–Kier alpha value is -0.830. The molecule has 0 aliphatic rings. The molecule has 0 spiro atoms. The monoisotopic (exact) mass is 297 g/mol. The van der Waals surface area contributed by atoms with Crippen LogP contribution in [0, 0.1) is 0 Å². The molecule has 0 saturated carbocycles. The van der Waals surface area contributed by atoms with Crippen LogP contribution in [0.5, 0.6) is 0 Å². The lowest BCUT2D eigenvalue weighted by Crippen LogP contribution is -2.37. The van der Waals surface area contributed by atoms with Crippen LogP contribution in [0.25, 0.3) is 0 Å². The highest BCUT2D eigenvalue weighted by Gasteiger charge is 2.11. The van der Waals surface area contributed by atoms with Crippen molar-refractivity contribution in [1.82, 2.24) is 5.32 Å². The fraction of sp³-hybridized carbons (Fsp3) is 0.500. The molecule has 0 aromatic heterocycles. The van der Waals surface area contributed by atoms with Gasteiger partial charge in [0.05, 0.1) is 0 Å². The Balaban J connectivity index is 2.41. The van der Waals surface area contributed by atoms with E-state index in [1.165, 1.54) is 5.56 Å². The molecule has 1 aromatic rings. The number of nitrogens with one attached hydrogen (secondary N) is 1. The highest BCUT2D eigenvalue weighted by atomic mass is 79.9. The van der Waals surface area contributed by atoms with Gasteiger partial charge in [0.15, 0.2) is 0 Å². The van der Waals surface area contributed by atoms with E-state index in [-0.39, 0.29) is 11.9 Å². The summed E-state index contributed by atoms with van der Waals surface area (Å²) >= 11 is 3.46. The van der Waals surface area contributed by atoms with E-state index in [1.807, 2.05) is 18.2 Å². The van der Waals surface area contributed by atoms with E-state index in [9.17, 15) is 4.79 Å². The van der Waals surface area contributed by atoms with E-state index in [2.05, 4.69) is 40.3 Å². The van der Waals surface area contributed by atoms with Gasteiger partial charge in [0, 0.05) is 17.8 Å². The number of carbonyl (C=O) groups is 1. The van der Waals surface area contributed by atoms with Gasteiger partial charge in [-0.15, -0.1) is 0 Å². The molecule has 2 nitrogen and oxygen atoms in total. The first-order chi connectivity index (χ1) is 8.26. The van der Waals surface area contributed by atoms with Gasteiger partial charge in [0.2, 0.25) is 5.91 Å². The topological polar surface area (TPSA) is 29.1 Å². The summed E-state index contributed by atoms with van der Waals surface area (Å²) in [6.07, 6.45) is 3.54. The maximum Gasteiger partial charge on any atom is 0.220 e. The number of alkyl halides is 1. The zero-order valence-corrected chi connectivity index (χ0v) is 11.9. The van der Waals surface area contributed by atoms with Gasteiger partial charge < -0.3 is 5.32 Å². The van der Waals surface area contributed by atoms with E-state index in [4.69, 9.17) is 0 Å². The summed E-state index contributed by atoms with van der Waals surface area (Å²) in [6.45, 7) is 2.10. The molecule has 0 radical (unpaired) electrons. The molecule has 0 aliphatic heterocycles. The van der Waals surface area contributed by atoms with Crippen LogP contribution in [0.15, 0.2) is 30.3 Å². The number of unbranched alkanes of at least 4 members (excludes halogenated alkanes) is 1. The predicted molar refractivity (Wildman–Crippen MR) is 75.4 cm³/mol. The number of amides is 1. The van der Waals surface area contributed by atoms with Crippen LogP contribution >= 0.6 is 15.9 Å². The molecule has 0 fully saturated rings. The largest absolute Gasteiger partial charge is 0.352 e. The molecule has 17 heavy (non-hydrogen) atoms. The molecule has 0 bridgehead atoms. The average Bonchev–Trinajstić information content (AvgIpc) is 2.36. The Kier molecular flexibility index (Phi) is 6.94. The Bertz CT molecular complexity index is 326. The maximum absolute atomic E-state index is 11.6. The average molecular weight is 298 g/mol. The highest BCUT2D eigenvalue weighted by Crippen LogP contribution is 2.06.